The van der Waals surface area contributed by atoms with Gasteiger partial charge in [0, 0.05) is 5.69 Å². The molecule has 1 aromatic heterocycles. The second-order valence-corrected chi connectivity index (χ2v) is 8.36. The van der Waals surface area contributed by atoms with Gasteiger partial charge in [-0.3, -0.25) is 14.5 Å². The van der Waals surface area contributed by atoms with Crippen LogP contribution in [0.1, 0.15) is 53.1 Å². The fraction of sp³-hybridized carbons (Fsp3) is 0.214. The van der Waals surface area contributed by atoms with Gasteiger partial charge in [0.15, 0.2) is 5.43 Å². The summed E-state index contributed by atoms with van der Waals surface area (Å²) in [5, 5.41) is 0.483. The van der Waals surface area contributed by atoms with E-state index in [9.17, 15) is 9.59 Å². The normalized spacial score (nSPS) is 15.2. The lowest BCUT2D eigenvalue weighted by Crippen LogP contribution is -2.29. The highest BCUT2D eigenvalue weighted by atomic mass is 16.5. The molecule has 1 amide bonds. The van der Waals surface area contributed by atoms with Crippen molar-refractivity contribution in [3.8, 4) is 5.75 Å². The number of unbranched alkanes of at least 4 members (excludes halogenated alkanes) is 1. The van der Waals surface area contributed by atoms with Crippen molar-refractivity contribution < 1.29 is 13.9 Å². The minimum Gasteiger partial charge on any atom is -0.494 e. The Hall–Kier alpha value is -3.86. The van der Waals surface area contributed by atoms with Crippen LogP contribution in [0.15, 0.2) is 82.0 Å². The van der Waals surface area contributed by atoms with E-state index in [1.807, 2.05) is 73.7 Å². The van der Waals surface area contributed by atoms with E-state index < -0.39 is 6.04 Å². The van der Waals surface area contributed by atoms with Crippen molar-refractivity contribution in [3.63, 3.8) is 0 Å². The molecule has 3 aromatic carbocycles. The van der Waals surface area contributed by atoms with Crippen LogP contribution in [0, 0.1) is 6.92 Å². The predicted octanol–water partition coefficient (Wildman–Crippen LogP) is 6.03. The Morgan fingerprint density at radius 2 is 1.79 bits per heavy atom. The first kappa shape index (κ1) is 21.0. The third kappa shape index (κ3) is 3.69. The topological polar surface area (TPSA) is 59.8 Å². The molecule has 1 aliphatic rings. The highest BCUT2D eigenvalue weighted by Gasteiger charge is 2.43. The van der Waals surface area contributed by atoms with Crippen LogP contribution in [-0.2, 0) is 0 Å². The number of anilines is 1. The lowest BCUT2D eigenvalue weighted by Gasteiger charge is -2.25. The fourth-order valence-electron chi connectivity index (χ4n) is 4.37. The Morgan fingerprint density at radius 1 is 0.970 bits per heavy atom. The first-order valence-corrected chi connectivity index (χ1v) is 11.3. The molecule has 5 heteroatoms. The second kappa shape index (κ2) is 8.58. The van der Waals surface area contributed by atoms with Crippen LogP contribution < -0.4 is 15.1 Å². The molecule has 5 rings (SSSR count). The van der Waals surface area contributed by atoms with Crippen molar-refractivity contribution in [2.24, 2.45) is 0 Å². The van der Waals surface area contributed by atoms with E-state index in [4.69, 9.17) is 9.15 Å². The number of aryl methyl sites for hydroxylation is 1. The number of carbonyl (C=O) groups is 1. The first-order valence-electron chi connectivity index (χ1n) is 11.3. The zero-order valence-corrected chi connectivity index (χ0v) is 18.7. The average molecular weight is 440 g/mol. The first-order chi connectivity index (χ1) is 16.1. The number of amides is 1. The maximum atomic E-state index is 13.7. The van der Waals surface area contributed by atoms with Crippen molar-refractivity contribution in [1.29, 1.82) is 0 Å². The van der Waals surface area contributed by atoms with Crippen molar-refractivity contribution in [2.75, 3.05) is 11.5 Å². The molecule has 1 unspecified atom stereocenters. The maximum Gasteiger partial charge on any atom is 0.295 e. The standard InChI is InChI=1S/C28H25NO4/c1-3-4-15-32-21-12-8-9-19(17-21)25-24-26(30)22-16-18(2)13-14-23(22)33-27(24)28(31)29(25)20-10-6-5-7-11-20/h5-14,16-17,25H,3-4,15H2,1-2H3. The molecule has 4 aromatic rings. The molecular formula is C28H25NO4. The quantitative estimate of drug-likeness (QED) is 0.344. The monoisotopic (exact) mass is 439 g/mol. The molecule has 2 heterocycles. The summed E-state index contributed by atoms with van der Waals surface area (Å²) in [5.74, 6) is 0.497. The molecule has 0 N–H and O–H groups in total. The highest BCUT2D eigenvalue weighted by Crippen LogP contribution is 2.41. The summed E-state index contributed by atoms with van der Waals surface area (Å²) in [7, 11) is 0. The summed E-state index contributed by atoms with van der Waals surface area (Å²) >= 11 is 0. The molecule has 0 bridgehead atoms. The lowest BCUT2D eigenvalue weighted by molar-refractivity contribution is 0.0971. The zero-order valence-electron chi connectivity index (χ0n) is 18.7. The van der Waals surface area contributed by atoms with E-state index in [-0.39, 0.29) is 17.1 Å². The summed E-state index contributed by atoms with van der Waals surface area (Å²) in [6.45, 7) is 4.67. The number of hydrogen-bond acceptors (Lipinski definition) is 4. The van der Waals surface area contributed by atoms with Crippen molar-refractivity contribution in [2.45, 2.75) is 32.7 Å². The molecule has 0 aliphatic carbocycles. The Bertz CT molecular complexity index is 1390. The number of carbonyl (C=O) groups excluding carboxylic acids is 1. The average Bonchev–Trinajstić information content (AvgIpc) is 3.13. The van der Waals surface area contributed by atoms with E-state index in [0.717, 1.165) is 29.7 Å². The predicted molar refractivity (Wildman–Crippen MR) is 129 cm³/mol. The van der Waals surface area contributed by atoms with Crippen molar-refractivity contribution in [3.05, 3.63) is 105 Å². The van der Waals surface area contributed by atoms with Crippen molar-refractivity contribution >= 4 is 22.6 Å². The minimum absolute atomic E-state index is 0.0995. The van der Waals surface area contributed by atoms with Crippen LogP contribution in [0.5, 0.6) is 5.75 Å². The number of para-hydroxylation sites is 1. The van der Waals surface area contributed by atoms with Crippen LogP contribution in [-0.4, -0.2) is 12.5 Å². The fourth-order valence-corrected chi connectivity index (χ4v) is 4.37. The van der Waals surface area contributed by atoms with Crippen LogP contribution in [0.4, 0.5) is 5.69 Å². The van der Waals surface area contributed by atoms with Gasteiger partial charge in [-0.15, -0.1) is 0 Å². The lowest BCUT2D eigenvalue weighted by atomic mass is 9.97. The van der Waals surface area contributed by atoms with Crippen LogP contribution >= 0.6 is 0 Å². The minimum atomic E-state index is -0.606. The largest absolute Gasteiger partial charge is 0.494 e. The molecule has 166 valence electrons. The van der Waals surface area contributed by atoms with E-state index in [1.165, 1.54) is 0 Å². The molecule has 0 radical (unpaired) electrons. The number of nitrogens with zero attached hydrogens (tertiary/aromatic N) is 1. The molecule has 0 fully saturated rings. The van der Waals surface area contributed by atoms with Gasteiger partial charge < -0.3 is 9.15 Å². The highest BCUT2D eigenvalue weighted by molar-refractivity contribution is 6.10. The molecule has 1 aliphatic heterocycles. The smallest absolute Gasteiger partial charge is 0.295 e. The summed E-state index contributed by atoms with van der Waals surface area (Å²) in [6, 6.07) is 21.9. The van der Waals surface area contributed by atoms with Gasteiger partial charge >= 0.3 is 0 Å². The molecular weight excluding hydrogens is 414 g/mol. The Labute approximate surface area is 192 Å². The van der Waals surface area contributed by atoms with Gasteiger partial charge in [-0.1, -0.05) is 55.3 Å². The van der Waals surface area contributed by atoms with E-state index in [0.29, 0.717) is 28.8 Å². The molecule has 1 atom stereocenters. The molecule has 33 heavy (non-hydrogen) atoms. The van der Waals surface area contributed by atoms with E-state index in [1.54, 1.807) is 11.0 Å². The Balaban J connectivity index is 1.71. The van der Waals surface area contributed by atoms with Crippen LogP contribution in [0.3, 0.4) is 0 Å². The number of ether oxygens (including phenoxy) is 1. The van der Waals surface area contributed by atoms with Gasteiger partial charge in [-0.25, -0.2) is 0 Å². The van der Waals surface area contributed by atoms with Gasteiger partial charge in [0.25, 0.3) is 5.91 Å². The van der Waals surface area contributed by atoms with Crippen LogP contribution in [0.25, 0.3) is 11.0 Å². The van der Waals surface area contributed by atoms with Gasteiger partial charge in [0.2, 0.25) is 5.76 Å². The van der Waals surface area contributed by atoms with Gasteiger partial charge in [-0.2, -0.15) is 0 Å². The molecule has 0 saturated carbocycles. The van der Waals surface area contributed by atoms with Gasteiger partial charge in [-0.05, 0) is 55.3 Å². The summed E-state index contributed by atoms with van der Waals surface area (Å²) < 4.78 is 12.0. The molecule has 0 spiro atoms. The summed E-state index contributed by atoms with van der Waals surface area (Å²) in [5.41, 5.74) is 3.08. The third-order valence-electron chi connectivity index (χ3n) is 6.00. The van der Waals surface area contributed by atoms with Crippen LogP contribution in [0.2, 0.25) is 0 Å². The van der Waals surface area contributed by atoms with E-state index in [2.05, 4.69) is 6.92 Å². The van der Waals surface area contributed by atoms with Gasteiger partial charge in [0.1, 0.15) is 11.3 Å². The number of benzene rings is 3. The SMILES string of the molecule is CCCCOc1cccc(C2c3c(oc4ccc(C)cc4c3=O)C(=O)N2c2ccccc2)c1. The molecule has 5 nitrogen and oxygen atoms in total. The third-order valence-corrected chi connectivity index (χ3v) is 6.00. The summed E-state index contributed by atoms with van der Waals surface area (Å²) in [4.78, 5) is 29.0. The Kier molecular flexibility index (Phi) is 5.47. The van der Waals surface area contributed by atoms with Crippen molar-refractivity contribution in [1.82, 2.24) is 0 Å². The maximum absolute atomic E-state index is 13.7. The van der Waals surface area contributed by atoms with E-state index >= 15 is 0 Å². The number of hydrogen-bond donors (Lipinski definition) is 0. The zero-order chi connectivity index (χ0) is 22.9. The summed E-state index contributed by atoms with van der Waals surface area (Å²) in [6.07, 6.45) is 2.00. The number of rotatable bonds is 6. The second-order valence-electron chi connectivity index (χ2n) is 8.36. The molecule has 0 saturated heterocycles. The number of fused-ring (bicyclic) bond motifs is 2. The van der Waals surface area contributed by atoms with Gasteiger partial charge in [0.05, 0.1) is 23.6 Å². The Morgan fingerprint density at radius 3 is 2.58 bits per heavy atom.